The molecule has 3 heteroatoms. The second-order valence-electron chi connectivity index (χ2n) is 5.12. The molecule has 2 aliphatic carbocycles. The zero-order valence-electron chi connectivity index (χ0n) is 8.79. The number of piperidine rings is 1. The standard InChI is InChI=1S/C12H15ClFN/c1-15-6-9-5-12(9,7-15)8-2-3-11(14)10(13)4-8/h2-4,9-11H,5-7H2,1H3. The molecule has 0 aromatic heterocycles. The third kappa shape index (κ3) is 1.38. The van der Waals surface area contributed by atoms with Crippen molar-refractivity contribution in [3.05, 3.63) is 23.8 Å². The van der Waals surface area contributed by atoms with E-state index in [1.165, 1.54) is 18.5 Å². The van der Waals surface area contributed by atoms with Crippen molar-refractivity contribution in [2.45, 2.75) is 18.0 Å². The first-order valence-corrected chi connectivity index (χ1v) is 5.93. The van der Waals surface area contributed by atoms with Gasteiger partial charge in [-0.2, -0.15) is 0 Å². The lowest BCUT2D eigenvalue weighted by atomic mass is 9.90. The molecule has 0 aromatic rings. The zero-order chi connectivity index (χ0) is 10.6. The van der Waals surface area contributed by atoms with E-state index in [1.54, 1.807) is 6.08 Å². The van der Waals surface area contributed by atoms with Gasteiger partial charge in [0.15, 0.2) is 0 Å². The minimum atomic E-state index is -1.01. The summed E-state index contributed by atoms with van der Waals surface area (Å²) in [6.45, 7) is 2.28. The van der Waals surface area contributed by atoms with Crippen LogP contribution in [-0.4, -0.2) is 36.6 Å². The largest absolute Gasteiger partial charge is 0.305 e. The monoisotopic (exact) mass is 227 g/mol. The summed E-state index contributed by atoms with van der Waals surface area (Å²) >= 11 is 5.94. The van der Waals surface area contributed by atoms with Gasteiger partial charge in [0.1, 0.15) is 6.17 Å². The molecule has 0 bridgehead atoms. The molecule has 2 fully saturated rings. The maximum atomic E-state index is 13.2. The number of halogens is 2. The van der Waals surface area contributed by atoms with Gasteiger partial charge in [0.05, 0.1) is 5.38 Å². The van der Waals surface area contributed by atoms with Gasteiger partial charge in [-0.1, -0.05) is 12.2 Å². The highest BCUT2D eigenvalue weighted by Crippen LogP contribution is 2.62. The topological polar surface area (TPSA) is 3.24 Å². The van der Waals surface area contributed by atoms with Crippen molar-refractivity contribution in [1.82, 2.24) is 4.90 Å². The van der Waals surface area contributed by atoms with Crippen LogP contribution >= 0.6 is 11.6 Å². The summed E-state index contributed by atoms with van der Waals surface area (Å²) in [5.41, 5.74) is 1.59. The van der Waals surface area contributed by atoms with E-state index in [1.807, 2.05) is 12.2 Å². The van der Waals surface area contributed by atoms with Crippen LogP contribution in [0.2, 0.25) is 0 Å². The van der Waals surface area contributed by atoms with Gasteiger partial charge < -0.3 is 4.90 Å². The molecular weight excluding hydrogens is 213 g/mol. The Bertz CT molecular complexity index is 352. The van der Waals surface area contributed by atoms with E-state index in [0.29, 0.717) is 5.41 Å². The molecule has 15 heavy (non-hydrogen) atoms. The highest BCUT2D eigenvalue weighted by Gasteiger charge is 2.60. The number of allylic oxidation sites excluding steroid dienone is 3. The van der Waals surface area contributed by atoms with Crippen molar-refractivity contribution in [3.8, 4) is 0 Å². The van der Waals surface area contributed by atoms with Crippen molar-refractivity contribution < 1.29 is 4.39 Å². The summed E-state index contributed by atoms with van der Waals surface area (Å²) in [4.78, 5) is 2.35. The molecule has 4 unspecified atom stereocenters. The van der Waals surface area contributed by atoms with Crippen LogP contribution in [0.1, 0.15) is 6.42 Å². The van der Waals surface area contributed by atoms with Crippen LogP contribution in [0.5, 0.6) is 0 Å². The Kier molecular flexibility index (Phi) is 2.02. The van der Waals surface area contributed by atoms with Gasteiger partial charge in [-0.15, -0.1) is 11.6 Å². The molecular formula is C12H15ClFN. The van der Waals surface area contributed by atoms with Gasteiger partial charge in [0, 0.05) is 18.5 Å². The summed E-state index contributed by atoms with van der Waals surface area (Å²) in [6, 6.07) is 0. The van der Waals surface area contributed by atoms with Gasteiger partial charge >= 0.3 is 0 Å². The van der Waals surface area contributed by atoms with Crippen molar-refractivity contribution in [2.75, 3.05) is 20.1 Å². The molecule has 3 rings (SSSR count). The maximum absolute atomic E-state index is 13.2. The SMILES string of the molecule is CN1CC2CC2(C2=CC(Cl)C(F)C=C2)C1. The Hall–Kier alpha value is -0.340. The lowest BCUT2D eigenvalue weighted by molar-refractivity contribution is 0.351. The number of nitrogens with zero attached hydrogens (tertiary/aromatic N) is 1. The highest BCUT2D eigenvalue weighted by molar-refractivity contribution is 6.22. The smallest absolute Gasteiger partial charge is 0.138 e. The molecule has 1 saturated heterocycles. The van der Waals surface area contributed by atoms with Crippen molar-refractivity contribution in [3.63, 3.8) is 0 Å². The van der Waals surface area contributed by atoms with Crippen molar-refractivity contribution in [2.24, 2.45) is 11.3 Å². The highest BCUT2D eigenvalue weighted by atomic mass is 35.5. The van der Waals surface area contributed by atoms with Gasteiger partial charge in [0.25, 0.3) is 0 Å². The lowest BCUT2D eigenvalue weighted by Crippen LogP contribution is -2.23. The molecule has 1 aliphatic heterocycles. The average Bonchev–Trinajstić information content (AvgIpc) is 2.75. The molecule has 4 atom stereocenters. The fourth-order valence-electron chi connectivity index (χ4n) is 3.13. The number of likely N-dealkylation sites (tertiary alicyclic amines) is 1. The Morgan fingerprint density at radius 3 is 3.00 bits per heavy atom. The van der Waals surface area contributed by atoms with Gasteiger partial charge in [-0.3, -0.25) is 0 Å². The normalized spacial score (nSPS) is 49.0. The molecule has 1 nitrogen and oxygen atoms in total. The van der Waals surface area contributed by atoms with Gasteiger partial charge in [-0.25, -0.2) is 4.39 Å². The fourth-order valence-corrected chi connectivity index (χ4v) is 3.35. The Morgan fingerprint density at radius 1 is 1.60 bits per heavy atom. The quantitative estimate of drug-likeness (QED) is 0.622. The number of rotatable bonds is 1. The van der Waals surface area contributed by atoms with E-state index in [4.69, 9.17) is 11.6 Å². The molecule has 0 amide bonds. The lowest BCUT2D eigenvalue weighted by Gasteiger charge is -2.22. The van der Waals surface area contributed by atoms with Crippen LogP contribution < -0.4 is 0 Å². The summed E-state index contributed by atoms with van der Waals surface area (Å²) in [5.74, 6) is 0.776. The maximum Gasteiger partial charge on any atom is 0.138 e. The summed E-state index contributed by atoms with van der Waals surface area (Å²) in [7, 11) is 2.15. The minimum absolute atomic E-state index is 0.318. The molecule has 0 N–H and O–H groups in total. The molecule has 82 valence electrons. The number of hydrogen-bond acceptors (Lipinski definition) is 1. The zero-order valence-corrected chi connectivity index (χ0v) is 9.54. The molecule has 1 saturated carbocycles. The third-order valence-corrected chi connectivity index (χ3v) is 4.36. The first kappa shape index (κ1) is 9.86. The van der Waals surface area contributed by atoms with E-state index in [0.717, 1.165) is 12.5 Å². The van der Waals surface area contributed by atoms with E-state index in [9.17, 15) is 4.39 Å². The average molecular weight is 228 g/mol. The molecule has 1 heterocycles. The van der Waals surface area contributed by atoms with Crippen LogP contribution in [0.25, 0.3) is 0 Å². The first-order valence-electron chi connectivity index (χ1n) is 5.49. The van der Waals surface area contributed by atoms with Crippen molar-refractivity contribution in [1.29, 1.82) is 0 Å². The summed E-state index contributed by atoms with van der Waals surface area (Å²) in [5, 5.41) is -0.466. The number of hydrogen-bond donors (Lipinski definition) is 0. The molecule has 0 aromatic carbocycles. The minimum Gasteiger partial charge on any atom is -0.305 e. The van der Waals surface area contributed by atoms with Crippen LogP contribution in [-0.2, 0) is 0 Å². The van der Waals surface area contributed by atoms with Gasteiger partial charge in [-0.05, 0) is 31.0 Å². The van der Waals surface area contributed by atoms with Crippen LogP contribution in [0.15, 0.2) is 23.8 Å². The van der Waals surface area contributed by atoms with E-state index in [-0.39, 0.29) is 0 Å². The number of fused-ring (bicyclic) bond motifs is 1. The van der Waals surface area contributed by atoms with Crippen LogP contribution in [0.4, 0.5) is 4.39 Å². The van der Waals surface area contributed by atoms with Crippen LogP contribution in [0, 0.1) is 11.3 Å². The Labute approximate surface area is 94.6 Å². The first-order chi connectivity index (χ1) is 7.12. The van der Waals surface area contributed by atoms with Crippen molar-refractivity contribution >= 4 is 11.6 Å². The van der Waals surface area contributed by atoms with E-state index < -0.39 is 11.5 Å². The van der Waals surface area contributed by atoms with E-state index >= 15 is 0 Å². The predicted octanol–water partition coefficient (Wildman–Crippen LogP) is 2.38. The number of alkyl halides is 2. The third-order valence-electron chi connectivity index (χ3n) is 3.99. The molecule has 0 radical (unpaired) electrons. The Morgan fingerprint density at radius 2 is 2.40 bits per heavy atom. The Balaban J connectivity index is 1.85. The fraction of sp³-hybridized carbons (Fsp3) is 0.667. The van der Waals surface area contributed by atoms with E-state index in [2.05, 4.69) is 11.9 Å². The second kappa shape index (κ2) is 3.08. The molecule has 0 spiro atoms. The van der Waals surface area contributed by atoms with Gasteiger partial charge in [0.2, 0.25) is 0 Å². The summed E-state index contributed by atoms with van der Waals surface area (Å²) < 4.78 is 13.2. The summed E-state index contributed by atoms with van der Waals surface area (Å²) in [6.07, 6.45) is 5.72. The molecule has 3 aliphatic rings. The second-order valence-corrected chi connectivity index (χ2v) is 5.63. The van der Waals surface area contributed by atoms with Crippen LogP contribution in [0.3, 0.4) is 0 Å². The predicted molar refractivity (Wildman–Crippen MR) is 59.8 cm³/mol.